The molecule has 0 saturated carbocycles. The SMILES string of the molecule is CCC(Br)CCNC(=O)CC1CCCO1. The highest BCUT2D eigenvalue weighted by Crippen LogP contribution is 2.15. The molecule has 0 aromatic rings. The molecule has 1 heterocycles. The first-order valence-electron chi connectivity index (χ1n) is 5.74. The highest BCUT2D eigenvalue weighted by Gasteiger charge is 2.18. The Labute approximate surface area is 100 Å². The maximum atomic E-state index is 11.5. The van der Waals surface area contributed by atoms with E-state index in [-0.39, 0.29) is 12.0 Å². The van der Waals surface area contributed by atoms with E-state index in [1.165, 1.54) is 0 Å². The quantitative estimate of drug-likeness (QED) is 0.757. The van der Waals surface area contributed by atoms with E-state index in [1.807, 2.05) is 0 Å². The van der Waals surface area contributed by atoms with Gasteiger partial charge in [0.05, 0.1) is 12.5 Å². The van der Waals surface area contributed by atoms with Gasteiger partial charge in [-0.15, -0.1) is 0 Å². The fourth-order valence-electron chi connectivity index (χ4n) is 1.66. The van der Waals surface area contributed by atoms with Gasteiger partial charge >= 0.3 is 0 Å². The molecule has 0 aromatic carbocycles. The zero-order chi connectivity index (χ0) is 11.1. The molecule has 0 bridgehead atoms. The van der Waals surface area contributed by atoms with Crippen molar-refractivity contribution in [1.29, 1.82) is 0 Å². The maximum Gasteiger partial charge on any atom is 0.222 e. The van der Waals surface area contributed by atoms with Crippen LogP contribution in [0.15, 0.2) is 0 Å². The number of nitrogens with one attached hydrogen (secondary N) is 1. The van der Waals surface area contributed by atoms with E-state index in [2.05, 4.69) is 28.2 Å². The van der Waals surface area contributed by atoms with E-state index in [0.29, 0.717) is 11.2 Å². The van der Waals surface area contributed by atoms with Crippen LogP contribution in [0, 0.1) is 0 Å². The third kappa shape index (κ3) is 5.52. The van der Waals surface area contributed by atoms with Crippen molar-refractivity contribution >= 4 is 21.8 Å². The zero-order valence-electron chi connectivity index (χ0n) is 9.30. The third-order valence-corrected chi connectivity index (χ3v) is 3.77. The molecular formula is C11H20BrNO2. The van der Waals surface area contributed by atoms with Crippen LogP contribution in [0.25, 0.3) is 0 Å². The first kappa shape index (κ1) is 13.0. The Kier molecular flexibility index (Phi) is 6.25. The minimum atomic E-state index is 0.123. The van der Waals surface area contributed by atoms with E-state index >= 15 is 0 Å². The number of ether oxygens (including phenoxy) is 1. The van der Waals surface area contributed by atoms with Crippen LogP contribution in [0.1, 0.15) is 39.0 Å². The van der Waals surface area contributed by atoms with Crippen LogP contribution in [0.3, 0.4) is 0 Å². The number of rotatable bonds is 6. The van der Waals surface area contributed by atoms with Gasteiger partial charge in [-0.05, 0) is 25.7 Å². The molecule has 0 spiro atoms. The lowest BCUT2D eigenvalue weighted by Gasteiger charge is -2.11. The largest absolute Gasteiger partial charge is 0.378 e. The van der Waals surface area contributed by atoms with Crippen molar-refractivity contribution < 1.29 is 9.53 Å². The number of hydrogen-bond donors (Lipinski definition) is 1. The van der Waals surface area contributed by atoms with Crippen molar-refractivity contribution in [2.45, 2.75) is 50.0 Å². The van der Waals surface area contributed by atoms with Crippen molar-refractivity contribution in [3.8, 4) is 0 Å². The lowest BCUT2D eigenvalue weighted by atomic mass is 10.2. The fraction of sp³-hybridized carbons (Fsp3) is 0.909. The monoisotopic (exact) mass is 277 g/mol. The molecule has 1 saturated heterocycles. The van der Waals surface area contributed by atoms with Gasteiger partial charge < -0.3 is 10.1 Å². The van der Waals surface area contributed by atoms with Crippen LogP contribution in [-0.2, 0) is 9.53 Å². The van der Waals surface area contributed by atoms with Gasteiger partial charge in [0.15, 0.2) is 0 Å². The highest BCUT2D eigenvalue weighted by molar-refractivity contribution is 9.09. The molecule has 0 aromatic heterocycles. The van der Waals surface area contributed by atoms with Crippen LogP contribution in [-0.4, -0.2) is 30.0 Å². The summed E-state index contributed by atoms with van der Waals surface area (Å²) in [6.45, 7) is 3.71. The minimum Gasteiger partial charge on any atom is -0.378 e. The lowest BCUT2D eigenvalue weighted by molar-refractivity contribution is -0.123. The molecule has 1 amide bonds. The Morgan fingerprint density at radius 1 is 1.67 bits per heavy atom. The predicted molar refractivity (Wildman–Crippen MR) is 64.2 cm³/mol. The van der Waals surface area contributed by atoms with Crippen molar-refractivity contribution in [3.05, 3.63) is 0 Å². The van der Waals surface area contributed by atoms with Gasteiger partial charge in [0.2, 0.25) is 5.91 Å². The average Bonchev–Trinajstić information content (AvgIpc) is 2.70. The molecule has 1 aliphatic rings. The molecule has 1 N–H and O–H groups in total. The molecule has 1 aliphatic heterocycles. The molecule has 0 radical (unpaired) electrons. The summed E-state index contributed by atoms with van der Waals surface area (Å²) in [6, 6.07) is 0. The van der Waals surface area contributed by atoms with Gasteiger partial charge in [-0.1, -0.05) is 22.9 Å². The Morgan fingerprint density at radius 2 is 2.47 bits per heavy atom. The summed E-state index contributed by atoms with van der Waals surface area (Å²) in [4.78, 5) is 12.0. The van der Waals surface area contributed by atoms with E-state index in [1.54, 1.807) is 0 Å². The summed E-state index contributed by atoms with van der Waals surface area (Å²) in [5.74, 6) is 0.123. The van der Waals surface area contributed by atoms with Crippen LogP contribution < -0.4 is 5.32 Å². The van der Waals surface area contributed by atoms with Crippen molar-refractivity contribution in [2.75, 3.05) is 13.2 Å². The Morgan fingerprint density at radius 3 is 3.07 bits per heavy atom. The fourth-order valence-corrected chi connectivity index (χ4v) is 1.89. The normalized spacial score (nSPS) is 22.7. The second-order valence-electron chi connectivity index (χ2n) is 3.98. The van der Waals surface area contributed by atoms with E-state index in [9.17, 15) is 4.79 Å². The molecule has 0 aliphatic carbocycles. The minimum absolute atomic E-state index is 0.123. The Bertz CT molecular complexity index is 193. The van der Waals surface area contributed by atoms with Gasteiger partial charge in [0.25, 0.3) is 0 Å². The number of amides is 1. The molecule has 88 valence electrons. The van der Waals surface area contributed by atoms with Crippen molar-refractivity contribution in [1.82, 2.24) is 5.32 Å². The van der Waals surface area contributed by atoms with Gasteiger partial charge in [-0.25, -0.2) is 0 Å². The number of alkyl halides is 1. The van der Waals surface area contributed by atoms with E-state index in [4.69, 9.17) is 4.74 Å². The summed E-state index contributed by atoms with van der Waals surface area (Å²) in [5, 5.41) is 2.93. The average molecular weight is 278 g/mol. The summed E-state index contributed by atoms with van der Waals surface area (Å²) < 4.78 is 5.40. The van der Waals surface area contributed by atoms with Gasteiger partial charge in [-0.3, -0.25) is 4.79 Å². The smallest absolute Gasteiger partial charge is 0.222 e. The standard InChI is InChI=1S/C11H20BrNO2/c1-2-9(12)5-6-13-11(14)8-10-4-3-7-15-10/h9-10H,2-8H2,1H3,(H,13,14). The number of carbonyl (C=O) groups is 1. The molecule has 2 unspecified atom stereocenters. The second kappa shape index (κ2) is 7.23. The van der Waals surface area contributed by atoms with E-state index in [0.717, 1.165) is 38.8 Å². The lowest BCUT2D eigenvalue weighted by Crippen LogP contribution is -2.29. The molecule has 1 fully saturated rings. The Balaban J connectivity index is 2.02. The molecule has 3 nitrogen and oxygen atoms in total. The highest BCUT2D eigenvalue weighted by atomic mass is 79.9. The van der Waals surface area contributed by atoms with Crippen molar-refractivity contribution in [3.63, 3.8) is 0 Å². The topological polar surface area (TPSA) is 38.3 Å². The molecule has 1 rings (SSSR count). The first-order valence-corrected chi connectivity index (χ1v) is 6.66. The summed E-state index contributed by atoms with van der Waals surface area (Å²) in [7, 11) is 0. The van der Waals surface area contributed by atoms with Crippen LogP contribution >= 0.6 is 15.9 Å². The summed E-state index contributed by atoms with van der Waals surface area (Å²) in [5.41, 5.74) is 0. The van der Waals surface area contributed by atoms with Gasteiger partial charge in [0.1, 0.15) is 0 Å². The molecule has 15 heavy (non-hydrogen) atoms. The number of hydrogen-bond acceptors (Lipinski definition) is 2. The summed E-state index contributed by atoms with van der Waals surface area (Å²) in [6.07, 6.45) is 4.91. The predicted octanol–water partition coefficient (Wildman–Crippen LogP) is 2.24. The summed E-state index contributed by atoms with van der Waals surface area (Å²) >= 11 is 3.54. The molecule has 4 heteroatoms. The number of halogens is 1. The third-order valence-electron chi connectivity index (χ3n) is 2.66. The van der Waals surface area contributed by atoms with Gasteiger partial charge in [0, 0.05) is 18.0 Å². The van der Waals surface area contributed by atoms with Crippen molar-refractivity contribution in [2.24, 2.45) is 0 Å². The zero-order valence-corrected chi connectivity index (χ0v) is 10.9. The second-order valence-corrected chi connectivity index (χ2v) is 5.28. The van der Waals surface area contributed by atoms with Crippen LogP contribution in [0.2, 0.25) is 0 Å². The van der Waals surface area contributed by atoms with Crippen LogP contribution in [0.4, 0.5) is 0 Å². The van der Waals surface area contributed by atoms with Gasteiger partial charge in [-0.2, -0.15) is 0 Å². The number of carbonyl (C=O) groups excluding carboxylic acids is 1. The first-order chi connectivity index (χ1) is 7.22. The maximum absolute atomic E-state index is 11.5. The van der Waals surface area contributed by atoms with E-state index < -0.39 is 0 Å². The molecular weight excluding hydrogens is 258 g/mol. The molecule has 2 atom stereocenters. The van der Waals surface area contributed by atoms with Crippen LogP contribution in [0.5, 0.6) is 0 Å². The Hall–Kier alpha value is -0.0900.